The van der Waals surface area contributed by atoms with Gasteiger partial charge in [-0.2, -0.15) is 0 Å². The molecule has 0 atom stereocenters. The van der Waals surface area contributed by atoms with Gasteiger partial charge in [-0.1, -0.05) is 23.7 Å². The second kappa shape index (κ2) is 8.07. The summed E-state index contributed by atoms with van der Waals surface area (Å²) < 4.78 is 27.0. The summed E-state index contributed by atoms with van der Waals surface area (Å²) in [5.41, 5.74) is 1.91. The summed E-state index contributed by atoms with van der Waals surface area (Å²) in [6, 6.07) is 9.86. The van der Waals surface area contributed by atoms with Crippen molar-refractivity contribution in [1.29, 1.82) is 0 Å². The van der Waals surface area contributed by atoms with Crippen molar-refractivity contribution in [3.8, 4) is 0 Å². The second-order valence-electron chi connectivity index (χ2n) is 10.1. The number of hydrogen-bond donors (Lipinski definition) is 0. The molecule has 1 spiro atoms. The van der Waals surface area contributed by atoms with Gasteiger partial charge in [0.1, 0.15) is 11.4 Å². The van der Waals surface area contributed by atoms with Gasteiger partial charge in [-0.15, -0.1) is 0 Å². The first kappa shape index (κ1) is 22.6. The van der Waals surface area contributed by atoms with E-state index in [1.54, 1.807) is 13.2 Å². The van der Waals surface area contributed by atoms with E-state index in [1.165, 1.54) is 12.1 Å². The van der Waals surface area contributed by atoms with E-state index in [-0.39, 0.29) is 16.9 Å². The molecular weight excluding hydrogens is 471 g/mol. The van der Waals surface area contributed by atoms with Crippen LogP contribution in [0.25, 0.3) is 10.9 Å². The zero-order valence-electron chi connectivity index (χ0n) is 19.5. The van der Waals surface area contributed by atoms with Gasteiger partial charge in [-0.05, 0) is 37.1 Å². The SMILES string of the molecule is COCC1(Cn2cc(C(=O)N3CCC4(CC3)OC(=O)c3cc(F)ccc34)c3ccc(Cl)cc32)CC1. The van der Waals surface area contributed by atoms with Gasteiger partial charge in [0, 0.05) is 67.2 Å². The highest BCUT2D eigenvalue weighted by Gasteiger charge is 2.48. The summed E-state index contributed by atoms with van der Waals surface area (Å²) in [4.78, 5) is 27.9. The number of piperidine rings is 1. The average molecular weight is 497 g/mol. The minimum absolute atomic E-state index is 0.0498. The van der Waals surface area contributed by atoms with E-state index < -0.39 is 17.4 Å². The average Bonchev–Trinajstić information content (AvgIpc) is 3.44. The monoisotopic (exact) mass is 496 g/mol. The molecule has 6 nitrogen and oxygen atoms in total. The molecule has 2 aliphatic heterocycles. The van der Waals surface area contributed by atoms with Crippen LogP contribution in [0.3, 0.4) is 0 Å². The third-order valence-corrected chi connectivity index (χ3v) is 8.06. The number of halogens is 2. The van der Waals surface area contributed by atoms with Gasteiger partial charge >= 0.3 is 5.97 Å². The van der Waals surface area contributed by atoms with Crippen LogP contribution in [0.15, 0.2) is 42.6 Å². The van der Waals surface area contributed by atoms with Crippen molar-refractivity contribution in [2.45, 2.75) is 37.8 Å². The molecule has 0 radical (unpaired) electrons. The lowest BCUT2D eigenvalue weighted by molar-refractivity contribution is -0.0389. The fourth-order valence-corrected chi connectivity index (χ4v) is 5.91. The number of carbonyl (C=O) groups excluding carboxylic acids is 2. The predicted octanol–water partition coefficient (Wildman–Crippen LogP) is 5.16. The molecule has 1 saturated carbocycles. The van der Waals surface area contributed by atoms with E-state index >= 15 is 0 Å². The number of aromatic nitrogens is 1. The molecule has 182 valence electrons. The van der Waals surface area contributed by atoms with Crippen LogP contribution < -0.4 is 0 Å². The van der Waals surface area contributed by atoms with Crippen molar-refractivity contribution in [3.63, 3.8) is 0 Å². The van der Waals surface area contributed by atoms with Crippen LogP contribution in [-0.2, 0) is 21.6 Å². The molecule has 0 bridgehead atoms. The largest absolute Gasteiger partial charge is 0.450 e. The number of hydrogen-bond acceptors (Lipinski definition) is 4. The Morgan fingerprint density at radius 1 is 1.14 bits per heavy atom. The maximum Gasteiger partial charge on any atom is 0.339 e. The first-order chi connectivity index (χ1) is 16.8. The Labute approximate surface area is 207 Å². The number of ether oxygens (including phenoxy) is 2. The number of rotatable bonds is 5. The molecule has 1 aliphatic carbocycles. The number of likely N-dealkylation sites (tertiary alicyclic amines) is 1. The third kappa shape index (κ3) is 3.72. The number of fused-ring (bicyclic) bond motifs is 3. The number of methoxy groups -OCH3 is 1. The predicted molar refractivity (Wildman–Crippen MR) is 129 cm³/mol. The fraction of sp³-hybridized carbons (Fsp3) is 0.407. The topological polar surface area (TPSA) is 60.8 Å². The molecule has 35 heavy (non-hydrogen) atoms. The zero-order valence-corrected chi connectivity index (χ0v) is 20.2. The summed E-state index contributed by atoms with van der Waals surface area (Å²) in [6.07, 6.45) is 5.09. The Hall–Kier alpha value is -2.90. The number of nitrogens with zero attached hydrogens (tertiary/aromatic N) is 2. The van der Waals surface area contributed by atoms with Crippen molar-refractivity contribution in [2.75, 3.05) is 26.8 Å². The minimum Gasteiger partial charge on any atom is -0.450 e. The van der Waals surface area contributed by atoms with Crippen LogP contribution >= 0.6 is 11.6 Å². The summed E-state index contributed by atoms with van der Waals surface area (Å²) in [5, 5.41) is 1.51. The number of amides is 1. The fourth-order valence-electron chi connectivity index (χ4n) is 5.74. The van der Waals surface area contributed by atoms with Gasteiger partial charge in [0.05, 0.1) is 23.3 Å². The smallest absolute Gasteiger partial charge is 0.339 e. The lowest BCUT2D eigenvalue weighted by atomic mass is 9.83. The van der Waals surface area contributed by atoms with Gasteiger partial charge < -0.3 is 18.9 Å². The van der Waals surface area contributed by atoms with Crippen molar-refractivity contribution in [1.82, 2.24) is 9.47 Å². The zero-order chi connectivity index (χ0) is 24.4. The highest BCUT2D eigenvalue weighted by Crippen LogP contribution is 2.48. The number of esters is 1. The molecular formula is C27H26ClFN2O4. The van der Waals surface area contributed by atoms with E-state index in [4.69, 9.17) is 21.1 Å². The molecule has 3 aliphatic rings. The highest BCUT2D eigenvalue weighted by molar-refractivity contribution is 6.31. The van der Waals surface area contributed by atoms with Crippen molar-refractivity contribution >= 4 is 34.4 Å². The normalized spacial score (nSPS) is 19.7. The first-order valence-electron chi connectivity index (χ1n) is 11.9. The van der Waals surface area contributed by atoms with Gasteiger partial charge in [0.25, 0.3) is 5.91 Å². The summed E-state index contributed by atoms with van der Waals surface area (Å²) in [7, 11) is 1.72. The van der Waals surface area contributed by atoms with Gasteiger partial charge in [0.15, 0.2) is 0 Å². The molecule has 1 saturated heterocycles. The van der Waals surface area contributed by atoms with E-state index in [2.05, 4.69) is 4.57 Å². The maximum absolute atomic E-state index is 13.7. The lowest BCUT2D eigenvalue weighted by Gasteiger charge is -2.38. The Balaban J connectivity index is 1.26. The standard InChI is InChI=1S/C27H26ClFN2O4/c1-34-16-26(6-7-26)15-31-14-21(19-4-2-17(28)12-23(19)31)24(32)30-10-8-27(9-11-30)22-5-3-18(29)13-20(22)25(33)35-27/h2-5,12-14H,6-11,15-16H2,1H3. The quantitative estimate of drug-likeness (QED) is 0.458. The van der Waals surface area contributed by atoms with E-state index in [0.717, 1.165) is 35.9 Å². The van der Waals surface area contributed by atoms with Crippen molar-refractivity contribution < 1.29 is 23.5 Å². The summed E-state index contributed by atoms with van der Waals surface area (Å²) in [5.74, 6) is -1.00. The lowest BCUT2D eigenvalue weighted by Crippen LogP contribution is -2.45. The van der Waals surface area contributed by atoms with E-state index in [0.29, 0.717) is 43.1 Å². The van der Waals surface area contributed by atoms with Crippen LogP contribution in [0, 0.1) is 11.2 Å². The van der Waals surface area contributed by atoms with Crippen LogP contribution in [0.4, 0.5) is 4.39 Å². The number of benzene rings is 2. The summed E-state index contributed by atoms with van der Waals surface area (Å²) in [6.45, 7) is 2.35. The molecule has 2 fully saturated rings. The molecule has 1 aromatic heterocycles. The molecule has 1 amide bonds. The second-order valence-corrected chi connectivity index (χ2v) is 10.6. The molecule has 8 heteroatoms. The van der Waals surface area contributed by atoms with Crippen molar-refractivity contribution in [3.05, 3.63) is 70.1 Å². The van der Waals surface area contributed by atoms with Gasteiger partial charge in [-0.25, -0.2) is 9.18 Å². The molecule has 3 aromatic rings. The molecule has 3 heterocycles. The molecule has 6 rings (SSSR count). The van der Waals surface area contributed by atoms with Crippen LogP contribution in [0.2, 0.25) is 5.02 Å². The van der Waals surface area contributed by atoms with E-state index in [1.807, 2.05) is 29.3 Å². The Bertz CT molecular complexity index is 1350. The van der Waals surface area contributed by atoms with Crippen molar-refractivity contribution in [2.24, 2.45) is 5.41 Å². The Kier molecular flexibility index (Phi) is 5.20. The first-order valence-corrected chi connectivity index (χ1v) is 12.3. The van der Waals surface area contributed by atoms with Crippen LogP contribution in [0.5, 0.6) is 0 Å². The van der Waals surface area contributed by atoms with Crippen LogP contribution in [-0.4, -0.2) is 48.1 Å². The van der Waals surface area contributed by atoms with Gasteiger partial charge in [0.2, 0.25) is 0 Å². The molecule has 0 N–H and O–H groups in total. The van der Waals surface area contributed by atoms with E-state index in [9.17, 15) is 14.0 Å². The Morgan fingerprint density at radius 2 is 1.91 bits per heavy atom. The molecule has 2 aromatic carbocycles. The maximum atomic E-state index is 13.7. The molecule has 0 unspecified atom stereocenters. The van der Waals surface area contributed by atoms with Crippen LogP contribution in [0.1, 0.15) is 52.0 Å². The highest BCUT2D eigenvalue weighted by atomic mass is 35.5. The summed E-state index contributed by atoms with van der Waals surface area (Å²) >= 11 is 6.31. The minimum atomic E-state index is -0.795. The number of carbonyl (C=O) groups is 2. The van der Waals surface area contributed by atoms with Gasteiger partial charge in [-0.3, -0.25) is 4.79 Å². The Morgan fingerprint density at radius 3 is 2.63 bits per heavy atom. The third-order valence-electron chi connectivity index (χ3n) is 7.83.